The predicted octanol–water partition coefficient (Wildman–Crippen LogP) is 3.72. The molecule has 1 aliphatic rings. The highest BCUT2D eigenvalue weighted by atomic mass is 16.5. The molecular formula is C26H23NO5. The number of esters is 1. The number of fused-ring (bicyclic) bond motifs is 1. The summed E-state index contributed by atoms with van der Waals surface area (Å²) in [7, 11) is 0. The Kier molecular flexibility index (Phi) is 5.88. The van der Waals surface area contributed by atoms with Crippen molar-refractivity contribution >= 4 is 23.3 Å². The van der Waals surface area contributed by atoms with Gasteiger partial charge in [0.2, 0.25) is 0 Å². The highest BCUT2D eigenvalue weighted by molar-refractivity contribution is 6.12. The van der Waals surface area contributed by atoms with Crippen LogP contribution in [0, 0.1) is 0 Å². The average molecular weight is 429 g/mol. The number of hydrogen-bond donors (Lipinski definition) is 1. The van der Waals surface area contributed by atoms with Gasteiger partial charge in [-0.05, 0) is 24.1 Å². The lowest BCUT2D eigenvalue weighted by Crippen LogP contribution is -2.44. The second-order valence-corrected chi connectivity index (χ2v) is 7.62. The number of ketones is 1. The van der Waals surface area contributed by atoms with Crippen LogP contribution in [0.2, 0.25) is 0 Å². The molecule has 0 radical (unpaired) electrons. The molecule has 0 bridgehead atoms. The monoisotopic (exact) mass is 429 g/mol. The minimum Gasteiger partial charge on any atom is -0.465 e. The van der Waals surface area contributed by atoms with E-state index in [0.29, 0.717) is 16.8 Å². The Balaban J connectivity index is 1.58. The first-order valence-electron chi connectivity index (χ1n) is 10.4. The van der Waals surface area contributed by atoms with E-state index in [-0.39, 0.29) is 18.9 Å². The van der Waals surface area contributed by atoms with E-state index >= 15 is 0 Å². The van der Waals surface area contributed by atoms with Crippen molar-refractivity contribution in [2.45, 2.75) is 18.9 Å². The summed E-state index contributed by atoms with van der Waals surface area (Å²) < 4.78 is 4.95. The molecule has 1 atom stereocenters. The lowest BCUT2D eigenvalue weighted by Gasteiger charge is -2.22. The summed E-state index contributed by atoms with van der Waals surface area (Å²) >= 11 is 0. The van der Waals surface area contributed by atoms with E-state index < -0.39 is 23.9 Å². The minimum absolute atomic E-state index is 0.185. The number of carbonyl (C=O) groups excluding carboxylic acids is 3. The highest BCUT2D eigenvalue weighted by Crippen LogP contribution is 2.42. The number of rotatable bonds is 7. The van der Waals surface area contributed by atoms with Crippen LogP contribution in [0.1, 0.15) is 29.3 Å². The summed E-state index contributed by atoms with van der Waals surface area (Å²) in [6, 6.07) is 23.5. The summed E-state index contributed by atoms with van der Waals surface area (Å²) in [6.45, 7) is 1.53. The molecular weight excluding hydrogens is 406 g/mol. The Morgan fingerprint density at radius 3 is 2.22 bits per heavy atom. The van der Waals surface area contributed by atoms with Crippen molar-refractivity contribution in [2.75, 3.05) is 18.1 Å². The molecule has 0 aliphatic carbocycles. The summed E-state index contributed by atoms with van der Waals surface area (Å²) in [5.74, 6) is -1.66. The van der Waals surface area contributed by atoms with Gasteiger partial charge in [0.25, 0.3) is 5.91 Å². The Labute approximate surface area is 186 Å². The molecule has 1 aliphatic heterocycles. The first-order chi connectivity index (χ1) is 15.4. The number of para-hydroxylation sites is 1. The first kappa shape index (κ1) is 21.5. The molecule has 3 aromatic rings. The van der Waals surface area contributed by atoms with Gasteiger partial charge >= 0.3 is 5.97 Å². The van der Waals surface area contributed by atoms with Gasteiger partial charge in [0, 0.05) is 11.1 Å². The predicted molar refractivity (Wildman–Crippen MR) is 120 cm³/mol. The van der Waals surface area contributed by atoms with Crippen LogP contribution < -0.4 is 4.90 Å². The van der Waals surface area contributed by atoms with Crippen molar-refractivity contribution in [3.05, 3.63) is 90.0 Å². The van der Waals surface area contributed by atoms with Gasteiger partial charge in [-0.1, -0.05) is 72.8 Å². The van der Waals surface area contributed by atoms with E-state index in [4.69, 9.17) is 4.74 Å². The maximum absolute atomic E-state index is 13.1. The first-order valence-corrected chi connectivity index (χ1v) is 10.4. The second kappa shape index (κ2) is 8.77. The zero-order valence-corrected chi connectivity index (χ0v) is 17.7. The topological polar surface area (TPSA) is 83.9 Å². The van der Waals surface area contributed by atoms with E-state index in [9.17, 15) is 19.5 Å². The van der Waals surface area contributed by atoms with Crippen molar-refractivity contribution < 1.29 is 24.2 Å². The zero-order chi connectivity index (χ0) is 22.7. The molecule has 0 saturated heterocycles. The van der Waals surface area contributed by atoms with E-state index in [0.717, 1.165) is 11.1 Å². The molecule has 32 heavy (non-hydrogen) atoms. The molecule has 0 saturated carbocycles. The fourth-order valence-corrected chi connectivity index (χ4v) is 3.98. The number of Topliss-reactive ketones (excluding diaryl/α,β-unsaturated/α-hetero) is 1. The molecule has 0 aromatic heterocycles. The Hall–Kier alpha value is -3.77. The van der Waals surface area contributed by atoms with E-state index in [1.807, 2.05) is 42.5 Å². The number of amides is 1. The summed E-state index contributed by atoms with van der Waals surface area (Å²) in [5.41, 5.74) is 1.05. The van der Waals surface area contributed by atoms with Crippen LogP contribution >= 0.6 is 0 Å². The standard InChI is InChI=1S/C26H23NO5/c1-2-32-24(29)17-27-22-11-7-6-10-21(22)26(31,25(27)30)16-23(28)20-14-12-19(13-15-20)18-8-4-3-5-9-18/h3-15,31H,2,16-17H2,1H3/t26-/m1/s1. The van der Waals surface area contributed by atoms with Crippen LogP contribution in [0.25, 0.3) is 11.1 Å². The largest absolute Gasteiger partial charge is 0.465 e. The molecule has 6 heteroatoms. The van der Waals surface area contributed by atoms with Crippen LogP contribution in [-0.4, -0.2) is 35.9 Å². The third kappa shape index (κ3) is 3.92. The fraction of sp³-hybridized carbons (Fsp3) is 0.192. The van der Waals surface area contributed by atoms with Crippen LogP contribution in [0.5, 0.6) is 0 Å². The summed E-state index contributed by atoms with van der Waals surface area (Å²) in [4.78, 5) is 39.3. The number of nitrogens with zero attached hydrogens (tertiary/aromatic N) is 1. The van der Waals surface area contributed by atoms with Crippen molar-refractivity contribution in [3.63, 3.8) is 0 Å². The molecule has 0 fully saturated rings. The Morgan fingerprint density at radius 2 is 1.53 bits per heavy atom. The average Bonchev–Trinajstić information content (AvgIpc) is 3.02. The number of aliphatic hydroxyl groups is 1. The minimum atomic E-state index is -2.04. The molecule has 4 rings (SSSR count). The van der Waals surface area contributed by atoms with Crippen LogP contribution in [-0.2, 0) is 19.9 Å². The van der Waals surface area contributed by atoms with Gasteiger partial charge in [-0.3, -0.25) is 19.3 Å². The van der Waals surface area contributed by atoms with Gasteiger partial charge in [-0.25, -0.2) is 0 Å². The van der Waals surface area contributed by atoms with Crippen LogP contribution in [0.4, 0.5) is 5.69 Å². The third-order valence-electron chi connectivity index (χ3n) is 5.56. The molecule has 162 valence electrons. The number of benzene rings is 3. The molecule has 1 amide bonds. The van der Waals surface area contributed by atoms with Gasteiger partial charge in [0.05, 0.1) is 18.7 Å². The molecule has 0 unspecified atom stereocenters. The molecule has 1 heterocycles. The number of ether oxygens (including phenoxy) is 1. The number of hydrogen-bond acceptors (Lipinski definition) is 5. The number of anilines is 1. The highest BCUT2D eigenvalue weighted by Gasteiger charge is 2.51. The maximum Gasteiger partial charge on any atom is 0.326 e. The van der Waals surface area contributed by atoms with Gasteiger partial charge in [0.1, 0.15) is 6.54 Å². The van der Waals surface area contributed by atoms with Gasteiger partial charge < -0.3 is 9.84 Å². The van der Waals surface area contributed by atoms with E-state index in [1.54, 1.807) is 43.3 Å². The van der Waals surface area contributed by atoms with Crippen molar-refractivity contribution in [2.24, 2.45) is 0 Å². The van der Waals surface area contributed by atoms with E-state index in [1.165, 1.54) is 4.90 Å². The maximum atomic E-state index is 13.1. The molecule has 6 nitrogen and oxygen atoms in total. The second-order valence-electron chi connectivity index (χ2n) is 7.62. The van der Waals surface area contributed by atoms with Gasteiger partial charge in [-0.15, -0.1) is 0 Å². The lowest BCUT2D eigenvalue weighted by molar-refractivity contribution is -0.144. The third-order valence-corrected chi connectivity index (χ3v) is 5.56. The van der Waals surface area contributed by atoms with Gasteiger partial charge in [-0.2, -0.15) is 0 Å². The van der Waals surface area contributed by atoms with Crippen molar-refractivity contribution in [3.8, 4) is 11.1 Å². The van der Waals surface area contributed by atoms with Crippen LogP contribution in [0.15, 0.2) is 78.9 Å². The Bertz CT molecular complexity index is 1160. The smallest absolute Gasteiger partial charge is 0.326 e. The van der Waals surface area contributed by atoms with Crippen molar-refractivity contribution in [1.29, 1.82) is 0 Å². The van der Waals surface area contributed by atoms with Crippen LogP contribution in [0.3, 0.4) is 0 Å². The quantitative estimate of drug-likeness (QED) is 0.457. The molecule has 1 N–H and O–H groups in total. The van der Waals surface area contributed by atoms with E-state index in [2.05, 4.69) is 0 Å². The zero-order valence-electron chi connectivity index (χ0n) is 17.7. The molecule has 0 spiro atoms. The summed E-state index contributed by atoms with van der Waals surface area (Å²) in [5, 5.41) is 11.3. The lowest BCUT2D eigenvalue weighted by atomic mass is 9.88. The fourth-order valence-electron chi connectivity index (χ4n) is 3.98. The number of carbonyl (C=O) groups is 3. The molecule has 3 aromatic carbocycles. The normalized spacial score (nSPS) is 17.2. The van der Waals surface area contributed by atoms with Crippen molar-refractivity contribution in [1.82, 2.24) is 0 Å². The Morgan fingerprint density at radius 1 is 0.906 bits per heavy atom. The van der Waals surface area contributed by atoms with Gasteiger partial charge in [0.15, 0.2) is 11.4 Å². The summed E-state index contributed by atoms with van der Waals surface area (Å²) in [6.07, 6.45) is -0.424. The SMILES string of the molecule is CCOC(=O)CN1C(=O)[C@@](O)(CC(=O)c2ccc(-c3ccccc3)cc2)c2ccccc21.